The molecule has 104 valence electrons. The molecule has 2 aromatic carbocycles. The molecule has 3 nitrogen and oxygen atoms in total. The maximum Gasteiger partial charge on any atom is 0.117 e. The Morgan fingerprint density at radius 1 is 0.750 bits per heavy atom. The summed E-state index contributed by atoms with van der Waals surface area (Å²) in [7, 11) is 0. The van der Waals surface area contributed by atoms with Crippen molar-refractivity contribution in [2.75, 3.05) is 0 Å². The minimum Gasteiger partial charge on any atom is -0.508 e. The molecule has 0 atom stereocenters. The lowest BCUT2D eigenvalue weighted by Crippen LogP contribution is -1.95. The molecular formula is C17H20N2O. The summed E-state index contributed by atoms with van der Waals surface area (Å²) in [5.74, 6) is 0.200. The molecule has 0 aliphatic rings. The monoisotopic (exact) mass is 268 g/mol. The van der Waals surface area contributed by atoms with Gasteiger partial charge in [-0.15, -0.1) is 5.11 Å². The van der Waals surface area contributed by atoms with Gasteiger partial charge in [-0.1, -0.05) is 6.07 Å². The lowest BCUT2D eigenvalue weighted by Gasteiger charge is -2.14. The van der Waals surface area contributed by atoms with Crippen molar-refractivity contribution in [2.45, 2.75) is 34.6 Å². The molecule has 0 aromatic heterocycles. The van der Waals surface area contributed by atoms with E-state index in [4.69, 9.17) is 0 Å². The van der Waals surface area contributed by atoms with Crippen LogP contribution in [0.5, 0.6) is 5.75 Å². The van der Waals surface area contributed by atoms with Crippen molar-refractivity contribution in [2.24, 2.45) is 10.2 Å². The third-order valence-electron chi connectivity index (χ3n) is 4.06. The van der Waals surface area contributed by atoms with E-state index in [1.807, 2.05) is 6.07 Å². The zero-order valence-corrected chi connectivity index (χ0v) is 12.7. The highest BCUT2D eigenvalue weighted by Gasteiger charge is 2.11. The molecule has 2 rings (SSSR count). The van der Waals surface area contributed by atoms with Crippen molar-refractivity contribution >= 4 is 11.4 Å². The van der Waals surface area contributed by atoms with Gasteiger partial charge in [0.25, 0.3) is 0 Å². The zero-order valence-electron chi connectivity index (χ0n) is 12.7. The molecule has 2 aromatic rings. The minimum atomic E-state index is 0.200. The Bertz CT molecular complexity index is 659. The lowest BCUT2D eigenvalue weighted by atomic mass is 9.93. The fourth-order valence-electron chi connectivity index (χ4n) is 2.29. The van der Waals surface area contributed by atoms with Gasteiger partial charge in [-0.25, -0.2) is 0 Å². The minimum absolute atomic E-state index is 0.200. The van der Waals surface area contributed by atoms with Gasteiger partial charge in [0.05, 0.1) is 11.4 Å². The summed E-state index contributed by atoms with van der Waals surface area (Å²) in [4.78, 5) is 0. The van der Waals surface area contributed by atoms with Gasteiger partial charge in [0.15, 0.2) is 0 Å². The van der Waals surface area contributed by atoms with Crippen LogP contribution < -0.4 is 0 Å². The molecule has 0 aliphatic carbocycles. The van der Waals surface area contributed by atoms with Crippen molar-refractivity contribution in [3.8, 4) is 5.75 Å². The number of aromatic hydroxyl groups is 1. The van der Waals surface area contributed by atoms with Gasteiger partial charge >= 0.3 is 0 Å². The predicted octanol–water partition coefficient (Wildman–Crippen LogP) is 5.35. The Balaban J connectivity index is 2.49. The highest BCUT2D eigenvalue weighted by molar-refractivity contribution is 5.61. The molecule has 20 heavy (non-hydrogen) atoms. The summed E-state index contributed by atoms with van der Waals surface area (Å²) >= 11 is 0. The highest BCUT2D eigenvalue weighted by Crippen LogP contribution is 2.33. The number of hydrogen-bond acceptors (Lipinski definition) is 3. The Morgan fingerprint density at radius 2 is 1.30 bits per heavy atom. The van der Waals surface area contributed by atoms with Crippen LogP contribution in [0, 0.1) is 34.6 Å². The molecule has 0 heterocycles. The van der Waals surface area contributed by atoms with Crippen molar-refractivity contribution in [1.82, 2.24) is 0 Å². The van der Waals surface area contributed by atoms with Gasteiger partial charge in [0, 0.05) is 6.07 Å². The summed E-state index contributed by atoms with van der Waals surface area (Å²) in [6.07, 6.45) is 0. The number of nitrogens with zero attached hydrogens (tertiary/aromatic N) is 2. The van der Waals surface area contributed by atoms with Crippen LogP contribution in [0.4, 0.5) is 11.4 Å². The first kappa shape index (κ1) is 14.3. The van der Waals surface area contributed by atoms with E-state index in [1.165, 1.54) is 16.7 Å². The third kappa shape index (κ3) is 2.57. The topological polar surface area (TPSA) is 45.0 Å². The van der Waals surface area contributed by atoms with E-state index in [1.54, 1.807) is 18.2 Å². The standard InChI is InChI=1S/C17H20N2O/c1-10-11(2)13(4)17(14(5)12(10)3)19-18-15-7-6-8-16(20)9-15/h6-9,20H,1-5H3. The molecule has 0 unspecified atom stereocenters. The molecule has 0 spiro atoms. The van der Waals surface area contributed by atoms with Crippen LogP contribution in [-0.2, 0) is 0 Å². The number of hydrogen-bond donors (Lipinski definition) is 1. The number of rotatable bonds is 2. The van der Waals surface area contributed by atoms with Crippen molar-refractivity contribution in [3.63, 3.8) is 0 Å². The molecule has 0 amide bonds. The van der Waals surface area contributed by atoms with Gasteiger partial charge in [0.2, 0.25) is 0 Å². The van der Waals surface area contributed by atoms with E-state index in [9.17, 15) is 5.11 Å². The van der Waals surface area contributed by atoms with Gasteiger partial charge in [-0.05, 0) is 74.6 Å². The Hall–Kier alpha value is -2.16. The summed E-state index contributed by atoms with van der Waals surface area (Å²) in [5, 5.41) is 18.1. The van der Waals surface area contributed by atoms with Crippen molar-refractivity contribution in [1.29, 1.82) is 0 Å². The second-order valence-electron chi connectivity index (χ2n) is 5.19. The average molecular weight is 268 g/mol. The number of phenols is 1. The molecule has 0 bridgehead atoms. The maximum atomic E-state index is 9.44. The highest BCUT2D eigenvalue weighted by atomic mass is 16.3. The number of benzene rings is 2. The maximum absolute atomic E-state index is 9.44. The Kier molecular flexibility index (Phi) is 3.89. The SMILES string of the molecule is Cc1c(C)c(C)c(N=Nc2cccc(O)c2)c(C)c1C. The van der Waals surface area contributed by atoms with Crippen LogP contribution in [0.1, 0.15) is 27.8 Å². The summed E-state index contributed by atoms with van der Waals surface area (Å²) in [6, 6.07) is 6.80. The first-order valence-electron chi connectivity index (χ1n) is 6.69. The van der Waals surface area contributed by atoms with Gasteiger partial charge in [0.1, 0.15) is 5.75 Å². The van der Waals surface area contributed by atoms with Crippen LogP contribution in [0.15, 0.2) is 34.5 Å². The first-order valence-corrected chi connectivity index (χ1v) is 6.69. The zero-order chi connectivity index (χ0) is 14.9. The second-order valence-corrected chi connectivity index (χ2v) is 5.19. The number of azo groups is 1. The predicted molar refractivity (Wildman–Crippen MR) is 82.4 cm³/mol. The second kappa shape index (κ2) is 5.45. The summed E-state index contributed by atoms with van der Waals surface area (Å²) in [5.41, 5.74) is 7.74. The van der Waals surface area contributed by atoms with Gasteiger partial charge in [-0.3, -0.25) is 0 Å². The quantitative estimate of drug-likeness (QED) is 0.733. The van der Waals surface area contributed by atoms with E-state index in [-0.39, 0.29) is 5.75 Å². The van der Waals surface area contributed by atoms with Crippen LogP contribution >= 0.6 is 0 Å². The fraction of sp³-hybridized carbons (Fsp3) is 0.294. The molecule has 0 fully saturated rings. The molecule has 0 aliphatic heterocycles. The molecule has 1 N–H and O–H groups in total. The average Bonchev–Trinajstić information content (AvgIpc) is 2.43. The fourth-order valence-corrected chi connectivity index (χ4v) is 2.29. The smallest absolute Gasteiger partial charge is 0.117 e. The summed E-state index contributed by atoms with van der Waals surface area (Å²) < 4.78 is 0. The van der Waals surface area contributed by atoms with Crippen LogP contribution in [0.25, 0.3) is 0 Å². The Labute approximate surface area is 120 Å². The molecular weight excluding hydrogens is 248 g/mol. The molecule has 0 saturated carbocycles. The van der Waals surface area contributed by atoms with E-state index < -0.39 is 0 Å². The van der Waals surface area contributed by atoms with Crippen LogP contribution in [0.2, 0.25) is 0 Å². The number of phenolic OH excluding ortho intramolecular Hbond substituents is 1. The molecule has 3 heteroatoms. The van der Waals surface area contributed by atoms with E-state index in [0.29, 0.717) is 5.69 Å². The van der Waals surface area contributed by atoms with E-state index in [2.05, 4.69) is 44.8 Å². The van der Waals surface area contributed by atoms with Crippen LogP contribution in [-0.4, -0.2) is 5.11 Å². The molecule has 0 saturated heterocycles. The Morgan fingerprint density at radius 3 is 1.85 bits per heavy atom. The first-order chi connectivity index (χ1) is 9.41. The van der Waals surface area contributed by atoms with Crippen molar-refractivity contribution in [3.05, 3.63) is 52.1 Å². The van der Waals surface area contributed by atoms with E-state index in [0.717, 1.165) is 16.8 Å². The van der Waals surface area contributed by atoms with Gasteiger partial charge in [-0.2, -0.15) is 5.11 Å². The van der Waals surface area contributed by atoms with Crippen LogP contribution in [0.3, 0.4) is 0 Å². The van der Waals surface area contributed by atoms with E-state index >= 15 is 0 Å². The van der Waals surface area contributed by atoms with Gasteiger partial charge < -0.3 is 5.11 Å². The normalized spacial score (nSPS) is 11.2. The summed E-state index contributed by atoms with van der Waals surface area (Å²) in [6.45, 7) is 10.5. The largest absolute Gasteiger partial charge is 0.508 e. The lowest BCUT2D eigenvalue weighted by molar-refractivity contribution is 0.475. The molecule has 0 radical (unpaired) electrons. The third-order valence-corrected chi connectivity index (χ3v) is 4.06. The van der Waals surface area contributed by atoms with Crippen molar-refractivity contribution < 1.29 is 5.11 Å².